The average Bonchev–Trinajstić information content (AvgIpc) is 3.23. The van der Waals surface area contributed by atoms with Crippen molar-refractivity contribution in [2.45, 2.75) is 31.7 Å². The molecule has 0 saturated carbocycles. The Labute approximate surface area is 179 Å². The minimum atomic E-state index is -0.129. The highest BCUT2D eigenvalue weighted by Crippen LogP contribution is 2.33. The second-order valence-corrected chi connectivity index (χ2v) is 9.10. The number of likely N-dealkylation sites (tertiary alicyclic amines) is 1. The van der Waals surface area contributed by atoms with Crippen LogP contribution in [0, 0.1) is 0 Å². The Morgan fingerprint density at radius 3 is 2.90 bits per heavy atom. The van der Waals surface area contributed by atoms with Crippen LogP contribution in [0.2, 0.25) is 0 Å². The number of aromatic nitrogens is 1. The number of benzene rings is 2. The van der Waals surface area contributed by atoms with Crippen LogP contribution in [0.4, 0.5) is 5.69 Å². The predicted octanol–water partition coefficient (Wildman–Crippen LogP) is 2.86. The minimum Gasteiger partial charge on any atom is -0.486 e. The van der Waals surface area contributed by atoms with Crippen LogP contribution >= 0.6 is 11.3 Å². The quantitative estimate of drug-likeness (QED) is 0.676. The lowest BCUT2D eigenvalue weighted by Crippen LogP contribution is -3.17. The molecule has 0 spiro atoms. The molecule has 6 nitrogen and oxygen atoms in total. The van der Waals surface area contributed by atoms with E-state index in [1.54, 1.807) is 11.3 Å². The van der Waals surface area contributed by atoms with Crippen molar-refractivity contribution < 1.29 is 19.2 Å². The van der Waals surface area contributed by atoms with Gasteiger partial charge in [0, 0.05) is 11.8 Å². The normalized spacial score (nSPS) is 21.9. The van der Waals surface area contributed by atoms with Crippen LogP contribution in [0.15, 0.2) is 42.5 Å². The highest BCUT2D eigenvalue weighted by atomic mass is 32.1. The van der Waals surface area contributed by atoms with Gasteiger partial charge in [0.2, 0.25) is 0 Å². The SMILES string of the molecule is C[C@H](C(=O)Nc1ccc2c(c1)OCCO2)[NH+]1CCC[C@H](c2nc3ccccc3s2)C1. The summed E-state index contributed by atoms with van der Waals surface area (Å²) >= 11 is 1.79. The third-order valence-electron chi connectivity index (χ3n) is 6.03. The van der Waals surface area contributed by atoms with E-state index in [1.807, 2.05) is 31.2 Å². The lowest BCUT2D eigenvalue weighted by atomic mass is 9.97. The highest BCUT2D eigenvalue weighted by Gasteiger charge is 2.33. The molecule has 1 unspecified atom stereocenters. The Morgan fingerprint density at radius 1 is 1.20 bits per heavy atom. The maximum atomic E-state index is 12.9. The average molecular weight is 425 g/mol. The van der Waals surface area contributed by atoms with E-state index in [0.29, 0.717) is 24.9 Å². The number of piperidine rings is 1. The molecule has 0 bridgehead atoms. The van der Waals surface area contributed by atoms with E-state index in [0.717, 1.165) is 42.9 Å². The van der Waals surface area contributed by atoms with Crippen molar-refractivity contribution in [1.29, 1.82) is 0 Å². The number of carbonyl (C=O) groups is 1. The zero-order valence-corrected chi connectivity index (χ0v) is 17.8. The minimum absolute atomic E-state index is 0.0339. The van der Waals surface area contributed by atoms with Crippen molar-refractivity contribution >= 4 is 33.1 Å². The Morgan fingerprint density at radius 2 is 2.03 bits per heavy atom. The summed E-state index contributed by atoms with van der Waals surface area (Å²) < 4.78 is 12.4. The summed E-state index contributed by atoms with van der Waals surface area (Å²) in [6.45, 7) is 5.06. The number of hydrogen-bond donors (Lipinski definition) is 2. The van der Waals surface area contributed by atoms with Crippen LogP contribution in [0.3, 0.4) is 0 Å². The van der Waals surface area contributed by atoms with Gasteiger partial charge in [-0.3, -0.25) is 4.79 Å². The topological polar surface area (TPSA) is 64.9 Å². The van der Waals surface area contributed by atoms with Crippen LogP contribution in [0.25, 0.3) is 10.2 Å². The predicted molar refractivity (Wildman–Crippen MR) is 118 cm³/mol. The summed E-state index contributed by atoms with van der Waals surface area (Å²) in [5.41, 5.74) is 1.82. The fraction of sp³-hybridized carbons (Fsp3) is 0.391. The van der Waals surface area contributed by atoms with Gasteiger partial charge in [0.1, 0.15) is 18.2 Å². The second-order valence-electron chi connectivity index (χ2n) is 8.04. The summed E-state index contributed by atoms with van der Waals surface area (Å²) in [5.74, 6) is 1.86. The number of thiazole rings is 1. The van der Waals surface area contributed by atoms with Crippen molar-refractivity contribution in [2.75, 3.05) is 31.6 Å². The number of amides is 1. The maximum absolute atomic E-state index is 12.9. The number of para-hydroxylation sites is 1. The number of fused-ring (bicyclic) bond motifs is 2. The van der Waals surface area contributed by atoms with Gasteiger partial charge in [0.15, 0.2) is 17.5 Å². The van der Waals surface area contributed by atoms with Crippen LogP contribution in [-0.4, -0.2) is 43.2 Å². The Balaban J connectivity index is 1.26. The Bertz CT molecular complexity index is 1030. The molecule has 2 aliphatic heterocycles. The van der Waals surface area contributed by atoms with Gasteiger partial charge in [-0.1, -0.05) is 12.1 Å². The first-order valence-electron chi connectivity index (χ1n) is 10.6. The fourth-order valence-electron chi connectivity index (χ4n) is 4.32. The van der Waals surface area contributed by atoms with Gasteiger partial charge in [-0.05, 0) is 44.0 Å². The van der Waals surface area contributed by atoms with Gasteiger partial charge in [-0.25, -0.2) is 4.98 Å². The van der Waals surface area contributed by atoms with Gasteiger partial charge in [-0.15, -0.1) is 11.3 Å². The standard InChI is InChI=1S/C23H25N3O3S/c1-15(22(27)24-17-8-9-19-20(13-17)29-12-11-28-19)26-10-4-5-16(14-26)23-25-18-6-2-3-7-21(18)30-23/h2-3,6-9,13,15-16H,4-5,10-12,14H2,1H3,(H,24,27)/p+1/t15-,16+/m1/s1. The zero-order chi connectivity index (χ0) is 20.5. The number of rotatable bonds is 4. The number of ether oxygens (including phenoxy) is 2. The molecule has 1 aromatic heterocycles. The molecular weight excluding hydrogens is 398 g/mol. The zero-order valence-electron chi connectivity index (χ0n) is 17.0. The van der Waals surface area contributed by atoms with E-state index >= 15 is 0 Å². The van der Waals surface area contributed by atoms with Crippen LogP contribution in [-0.2, 0) is 4.79 Å². The first kappa shape index (κ1) is 19.3. The van der Waals surface area contributed by atoms with Gasteiger partial charge < -0.3 is 19.7 Å². The van der Waals surface area contributed by atoms with Gasteiger partial charge in [0.25, 0.3) is 5.91 Å². The summed E-state index contributed by atoms with van der Waals surface area (Å²) in [6.07, 6.45) is 2.25. The molecule has 0 radical (unpaired) electrons. The lowest BCUT2D eigenvalue weighted by molar-refractivity contribution is -0.920. The van der Waals surface area contributed by atoms with Crippen molar-refractivity contribution in [2.24, 2.45) is 0 Å². The first-order valence-corrected chi connectivity index (χ1v) is 11.4. The van der Waals surface area contributed by atoms with E-state index in [1.165, 1.54) is 14.6 Å². The summed E-state index contributed by atoms with van der Waals surface area (Å²) in [6, 6.07) is 13.7. The third-order valence-corrected chi connectivity index (χ3v) is 7.23. The molecular formula is C23H26N3O3S+. The van der Waals surface area contributed by atoms with Gasteiger partial charge in [0.05, 0.1) is 29.2 Å². The monoisotopic (exact) mass is 424 g/mol. The molecule has 7 heteroatoms. The number of anilines is 1. The smallest absolute Gasteiger partial charge is 0.282 e. The molecule has 3 aromatic rings. The summed E-state index contributed by atoms with van der Waals surface area (Å²) in [4.78, 5) is 19.1. The molecule has 30 heavy (non-hydrogen) atoms. The van der Waals surface area contributed by atoms with E-state index in [-0.39, 0.29) is 11.9 Å². The highest BCUT2D eigenvalue weighted by molar-refractivity contribution is 7.18. The summed E-state index contributed by atoms with van der Waals surface area (Å²) in [7, 11) is 0. The van der Waals surface area contributed by atoms with Gasteiger partial charge in [-0.2, -0.15) is 0 Å². The molecule has 156 valence electrons. The second kappa shape index (κ2) is 8.24. The first-order chi connectivity index (χ1) is 14.7. The number of nitrogens with zero attached hydrogens (tertiary/aromatic N) is 1. The van der Waals surface area contributed by atoms with Crippen LogP contribution in [0.5, 0.6) is 11.5 Å². The van der Waals surface area contributed by atoms with Crippen molar-refractivity contribution in [3.8, 4) is 11.5 Å². The van der Waals surface area contributed by atoms with Crippen molar-refractivity contribution in [1.82, 2.24) is 4.98 Å². The van der Waals surface area contributed by atoms with Crippen LogP contribution < -0.4 is 19.7 Å². The van der Waals surface area contributed by atoms with Crippen LogP contribution in [0.1, 0.15) is 30.7 Å². The number of carbonyl (C=O) groups excluding carboxylic acids is 1. The molecule has 1 fully saturated rings. The van der Waals surface area contributed by atoms with E-state index < -0.39 is 0 Å². The molecule has 1 saturated heterocycles. The third kappa shape index (κ3) is 3.87. The van der Waals surface area contributed by atoms with Crippen molar-refractivity contribution in [3.63, 3.8) is 0 Å². The van der Waals surface area contributed by atoms with Crippen molar-refractivity contribution in [3.05, 3.63) is 47.5 Å². The Hall–Kier alpha value is -2.64. The van der Waals surface area contributed by atoms with E-state index in [2.05, 4.69) is 23.5 Å². The molecule has 2 aromatic carbocycles. The van der Waals surface area contributed by atoms with E-state index in [9.17, 15) is 4.79 Å². The fourth-order valence-corrected chi connectivity index (χ4v) is 5.42. The largest absolute Gasteiger partial charge is 0.486 e. The number of quaternary nitrogens is 1. The Kier molecular flexibility index (Phi) is 5.31. The maximum Gasteiger partial charge on any atom is 0.282 e. The van der Waals surface area contributed by atoms with E-state index in [4.69, 9.17) is 14.5 Å². The lowest BCUT2D eigenvalue weighted by Gasteiger charge is -2.32. The summed E-state index contributed by atoms with van der Waals surface area (Å²) in [5, 5.41) is 4.26. The van der Waals surface area contributed by atoms with Gasteiger partial charge >= 0.3 is 0 Å². The number of hydrogen-bond acceptors (Lipinski definition) is 5. The molecule has 1 amide bonds. The molecule has 5 rings (SSSR count). The number of nitrogens with one attached hydrogen (secondary N) is 2. The molecule has 3 heterocycles. The molecule has 0 aliphatic carbocycles. The molecule has 3 atom stereocenters. The molecule has 2 aliphatic rings. The molecule has 2 N–H and O–H groups in total.